The van der Waals surface area contributed by atoms with Crippen LogP contribution in [-0.4, -0.2) is 15.3 Å². The summed E-state index contributed by atoms with van der Waals surface area (Å²) in [5.74, 6) is -0.402. The molecule has 0 saturated carbocycles. The van der Waals surface area contributed by atoms with Gasteiger partial charge in [0.15, 0.2) is 0 Å². The zero-order chi connectivity index (χ0) is 15.7. The van der Waals surface area contributed by atoms with Crippen LogP contribution in [0.15, 0.2) is 53.5 Å². The van der Waals surface area contributed by atoms with Crippen LogP contribution >= 0.6 is 11.6 Å². The van der Waals surface area contributed by atoms with Gasteiger partial charge in [-0.3, -0.25) is 14.0 Å². The van der Waals surface area contributed by atoms with Gasteiger partial charge in [0.1, 0.15) is 11.3 Å². The van der Waals surface area contributed by atoms with Crippen molar-refractivity contribution in [2.24, 2.45) is 0 Å². The Kier molecular flexibility index (Phi) is 3.65. The molecule has 110 valence electrons. The number of amides is 1. The van der Waals surface area contributed by atoms with Crippen molar-refractivity contribution in [2.45, 2.75) is 6.92 Å². The first-order valence-electron chi connectivity index (χ1n) is 6.61. The Hall–Kier alpha value is -2.66. The Morgan fingerprint density at radius 2 is 2.05 bits per heavy atom. The molecule has 2 heterocycles. The molecule has 0 atom stereocenters. The number of rotatable bonds is 2. The molecule has 3 rings (SSSR count). The third-order valence-corrected chi connectivity index (χ3v) is 3.48. The molecule has 0 aliphatic heterocycles. The van der Waals surface area contributed by atoms with E-state index >= 15 is 0 Å². The summed E-state index contributed by atoms with van der Waals surface area (Å²) in [6.45, 7) is 1.68. The minimum absolute atomic E-state index is 0.161. The number of anilines is 1. The number of carbonyl (C=O) groups is 1. The largest absolute Gasteiger partial charge is 0.316 e. The Balaban J connectivity index is 2.04. The Morgan fingerprint density at radius 3 is 2.82 bits per heavy atom. The number of hydrogen-bond acceptors (Lipinski definition) is 3. The van der Waals surface area contributed by atoms with Crippen molar-refractivity contribution < 1.29 is 4.79 Å². The monoisotopic (exact) mass is 313 g/mol. The van der Waals surface area contributed by atoms with Crippen molar-refractivity contribution in [3.05, 3.63) is 75.3 Å². The van der Waals surface area contributed by atoms with Crippen molar-refractivity contribution in [3.8, 4) is 0 Å². The molecule has 0 bridgehead atoms. The summed E-state index contributed by atoms with van der Waals surface area (Å²) >= 11 is 5.87. The second-order valence-corrected chi connectivity index (χ2v) is 5.21. The lowest BCUT2D eigenvalue weighted by Crippen LogP contribution is -2.24. The molecular formula is C16H12ClN3O2. The predicted molar refractivity (Wildman–Crippen MR) is 85.6 cm³/mol. The number of fused-ring (bicyclic) bond motifs is 1. The number of aryl methyl sites for hydroxylation is 1. The number of benzene rings is 1. The maximum absolute atomic E-state index is 12.5. The highest BCUT2D eigenvalue weighted by Crippen LogP contribution is 2.14. The molecule has 0 fully saturated rings. The standard InChI is InChI=1S/C16H12ClN3O2/c1-10-14(16(22)20-8-3-2-7-13(20)18-10)19-15(21)11-5-4-6-12(17)9-11/h2-9H,1H3,(H,19,21). The van der Waals surface area contributed by atoms with Gasteiger partial charge in [0.05, 0.1) is 5.69 Å². The molecule has 0 radical (unpaired) electrons. The van der Waals surface area contributed by atoms with E-state index in [0.717, 1.165) is 0 Å². The Morgan fingerprint density at radius 1 is 1.23 bits per heavy atom. The summed E-state index contributed by atoms with van der Waals surface area (Å²) in [4.78, 5) is 29.0. The van der Waals surface area contributed by atoms with Gasteiger partial charge in [0.2, 0.25) is 0 Å². The zero-order valence-electron chi connectivity index (χ0n) is 11.7. The van der Waals surface area contributed by atoms with E-state index in [9.17, 15) is 9.59 Å². The van der Waals surface area contributed by atoms with Gasteiger partial charge >= 0.3 is 0 Å². The van der Waals surface area contributed by atoms with Crippen LogP contribution in [0.4, 0.5) is 5.69 Å². The van der Waals surface area contributed by atoms with Gasteiger partial charge in [-0.2, -0.15) is 0 Å². The summed E-state index contributed by atoms with van der Waals surface area (Å²) in [5, 5.41) is 3.08. The summed E-state index contributed by atoms with van der Waals surface area (Å²) in [5.41, 5.74) is 1.22. The van der Waals surface area contributed by atoms with E-state index in [0.29, 0.717) is 21.9 Å². The highest BCUT2D eigenvalue weighted by atomic mass is 35.5. The van der Waals surface area contributed by atoms with Crippen molar-refractivity contribution in [1.82, 2.24) is 9.38 Å². The van der Waals surface area contributed by atoms with E-state index < -0.39 is 5.91 Å². The number of nitrogens with zero attached hydrogens (tertiary/aromatic N) is 2. The molecule has 0 spiro atoms. The van der Waals surface area contributed by atoms with Crippen LogP contribution in [-0.2, 0) is 0 Å². The van der Waals surface area contributed by atoms with E-state index in [1.54, 1.807) is 49.5 Å². The van der Waals surface area contributed by atoms with Gasteiger partial charge in [-0.15, -0.1) is 0 Å². The van der Waals surface area contributed by atoms with E-state index in [1.165, 1.54) is 10.5 Å². The molecule has 0 aliphatic rings. The third-order valence-electron chi connectivity index (χ3n) is 3.24. The normalized spacial score (nSPS) is 10.6. The van der Waals surface area contributed by atoms with Gasteiger partial charge in [-0.1, -0.05) is 23.7 Å². The lowest BCUT2D eigenvalue weighted by Gasteiger charge is -2.09. The van der Waals surface area contributed by atoms with Crippen LogP contribution in [0, 0.1) is 6.92 Å². The van der Waals surface area contributed by atoms with Crippen LogP contribution in [0.1, 0.15) is 16.1 Å². The lowest BCUT2D eigenvalue weighted by atomic mass is 10.2. The molecule has 5 nitrogen and oxygen atoms in total. The molecule has 0 aliphatic carbocycles. The summed E-state index contributed by atoms with van der Waals surface area (Å²) in [6.07, 6.45) is 1.61. The second kappa shape index (κ2) is 5.61. The predicted octanol–water partition coefficient (Wildman–Crippen LogP) is 2.91. The van der Waals surface area contributed by atoms with Gasteiger partial charge in [-0.05, 0) is 37.3 Å². The fraction of sp³-hybridized carbons (Fsp3) is 0.0625. The number of pyridine rings is 1. The highest BCUT2D eigenvalue weighted by Gasteiger charge is 2.14. The average Bonchev–Trinajstić information content (AvgIpc) is 2.51. The van der Waals surface area contributed by atoms with Crippen LogP contribution in [0.3, 0.4) is 0 Å². The van der Waals surface area contributed by atoms with Gasteiger partial charge in [-0.25, -0.2) is 4.98 Å². The zero-order valence-corrected chi connectivity index (χ0v) is 12.5. The van der Waals surface area contributed by atoms with Crippen LogP contribution in [0.25, 0.3) is 5.65 Å². The van der Waals surface area contributed by atoms with Gasteiger partial charge < -0.3 is 5.32 Å². The van der Waals surface area contributed by atoms with Crippen LogP contribution in [0.5, 0.6) is 0 Å². The van der Waals surface area contributed by atoms with Crippen molar-refractivity contribution in [3.63, 3.8) is 0 Å². The number of hydrogen-bond donors (Lipinski definition) is 1. The number of carbonyl (C=O) groups excluding carboxylic acids is 1. The van der Waals surface area contributed by atoms with E-state index in [2.05, 4.69) is 10.3 Å². The van der Waals surface area contributed by atoms with Gasteiger partial charge in [0, 0.05) is 16.8 Å². The summed E-state index contributed by atoms with van der Waals surface area (Å²) in [6, 6.07) is 11.8. The van der Waals surface area contributed by atoms with Crippen LogP contribution in [0.2, 0.25) is 5.02 Å². The minimum atomic E-state index is -0.402. The molecule has 1 N–H and O–H groups in total. The molecule has 0 unspecified atom stereocenters. The first-order chi connectivity index (χ1) is 10.6. The molecule has 0 saturated heterocycles. The fourth-order valence-corrected chi connectivity index (χ4v) is 2.35. The van der Waals surface area contributed by atoms with Crippen molar-refractivity contribution >= 4 is 28.8 Å². The Labute approximate surface area is 131 Å². The van der Waals surface area contributed by atoms with E-state index in [-0.39, 0.29) is 11.2 Å². The fourth-order valence-electron chi connectivity index (χ4n) is 2.16. The lowest BCUT2D eigenvalue weighted by molar-refractivity contribution is 0.102. The molecule has 1 aromatic carbocycles. The SMILES string of the molecule is Cc1nc2ccccn2c(=O)c1NC(=O)c1cccc(Cl)c1. The first-order valence-corrected chi connectivity index (χ1v) is 6.99. The number of aromatic nitrogens is 2. The van der Waals surface area contributed by atoms with Gasteiger partial charge in [0.25, 0.3) is 11.5 Å². The van der Waals surface area contributed by atoms with E-state index in [1.807, 2.05) is 0 Å². The summed E-state index contributed by atoms with van der Waals surface area (Å²) in [7, 11) is 0. The number of nitrogens with one attached hydrogen (secondary N) is 1. The van der Waals surface area contributed by atoms with Crippen molar-refractivity contribution in [1.29, 1.82) is 0 Å². The first kappa shape index (κ1) is 14.3. The molecule has 1 amide bonds. The summed E-state index contributed by atoms with van der Waals surface area (Å²) < 4.78 is 1.39. The second-order valence-electron chi connectivity index (χ2n) is 4.77. The third kappa shape index (κ3) is 2.58. The quantitative estimate of drug-likeness (QED) is 0.791. The smallest absolute Gasteiger partial charge is 0.281 e. The minimum Gasteiger partial charge on any atom is -0.316 e. The molecule has 22 heavy (non-hydrogen) atoms. The van der Waals surface area contributed by atoms with Crippen molar-refractivity contribution in [2.75, 3.05) is 5.32 Å². The van der Waals surface area contributed by atoms with Crippen LogP contribution < -0.4 is 10.9 Å². The Bertz CT molecular complexity index is 934. The average molecular weight is 314 g/mol. The topological polar surface area (TPSA) is 63.5 Å². The maximum atomic E-state index is 12.5. The maximum Gasteiger partial charge on any atom is 0.281 e. The van der Waals surface area contributed by atoms with E-state index in [4.69, 9.17) is 11.6 Å². The molecule has 3 aromatic rings. The highest BCUT2D eigenvalue weighted by molar-refractivity contribution is 6.31. The molecule has 6 heteroatoms. The number of halogens is 1. The molecular weight excluding hydrogens is 302 g/mol. The molecule has 2 aromatic heterocycles.